The molecule has 0 amide bonds. The summed E-state index contributed by atoms with van der Waals surface area (Å²) >= 11 is 0. The topological polar surface area (TPSA) is 20.5 Å². The number of benzene rings is 6. The maximum Gasteiger partial charge on any atom is 0.0541 e. The van der Waals surface area contributed by atoms with Crippen LogP contribution in [0.4, 0.5) is 17.1 Å². The molecule has 2 unspecified atom stereocenters. The van der Waals surface area contributed by atoms with E-state index >= 15 is 0 Å². The number of fused-ring (bicyclic) bond motifs is 6. The Labute approximate surface area is 324 Å². The van der Waals surface area contributed by atoms with Crippen molar-refractivity contribution in [3.8, 4) is 27.9 Å². The molecular weight excluding hydrogens is 667 g/mol. The zero-order valence-electron chi connectivity index (χ0n) is 31.8. The summed E-state index contributed by atoms with van der Waals surface area (Å²) in [6.45, 7) is 9.16. The molecule has 0 radical (unpaired) electrons. The predicted octanol–water partition coefficient (Wildman–Crippen LogP) is 13.4. The summed E-state index contributed by atoms with van der Waals surface area (Å²) in [5, 5.41) is 2.52. The van der Waals surface area contributed by atoms with Gasteiger partial charge in [0.15, 0.2) is 0 Å². The first-order valence-electron chi connectivity index (χ1n) is 19.6. The summed E-state index contributed by atoms with van der Waals surface area (Å²) in [6, 6.07) is 62.6. The molecule has 3 nitrogen and oxygen atoms in total. The number of nitrogens with zero attached hydrogens (tertiary/aromatic N) is 3. The molecule has 0 N–H and O–H groups in total. The van der Waals surface area contributed by atoms with Crippen molar-refractivity contribution in [3.05, 3.63) is 180 Å². The number of para-hydroxylation sites is 2. The quantitative estimate of drug-likeness (QED) is 0.168. The van der Waals surface area contributed by atoms with Gasteiger partial charge >= 0.3 is 0 Å². The molecule has 10 rings (SSSR count). The van der Waals surface area contributed by atoms with Crippen molar-refractivity contribution in [2.75, 3.05) is 4.90 Å². The molecule has 7 aromatic carbocycles. The van der Waals surface area contributed by atoms with Crippen LogP contribution in [-0.4, -0.2) is 16.8 Å². The molecule has 1 aliphatic heterocycles. The first-order valence-corrected chi connectivity index (χ1v) is 19.6. The van der Waals surface area contributed by atoms with Crippen molar-refractivity contribution in [1.29, 1.82) is 0 Å². The molecule has 0 saturated carbocycles. The van der Waals surface area contributed by atoms with Gasteiger partial charge in [0.25, 0.3) is 0 Å². The van der Waals surface area contributed by atoms with Crippen LogP contribution in [0.3, 0.4) is 0 Å². The molecule has 8 aromatic rings. The lowest BCUT2D eigenvalue weighted by molar-refractivity contribution is 0.467. The van der Waals surface area contributed by atoms with Crippen LogP contribution in [0.1, 0.15) is 56.7 Å². The van der Waals surface area contributed by atoms with E-state index in [0.29, 0.717) is 11.8 Å². The number of aromatic nitrogens is 1. The van der Waals surface area contributed by atoms with Gasteiger partial charge in [0.1, 0.15) is 0 Å². The summed E-state index contributed by atoms with van der Waals surface area (Å²) in [6.07, 6.45) is 3.26. The zero-order chi connectivity index (χ0) is 37.3. The van der Waals surface area contributed by atoms with E-state index in [4.69, 9.17) is 4.99 Å². The number of anilines is 3. The highest BCUT2D eigenvalue weighted by Crippen LogP contribution is 2.50. The van der Waals surface area contributed by atoms with Crippen molar-refractivity contribution in [2.45, 2.75) is 51.5 Å². The van der Waals surface area contributed by atoms with E-state index in [9.17, 15) is 0 Å². The third-order valence-corrected chi connectivity index (χ3v) is 12.2. The number of aliphatic imine (C=N–C) groups is 1. The van der Waals surface area contributed by atoms with E-state index in [1.54, 1.807) is 0 Å². The average Bonchev–Trinajstić information content (AvgIpc) is 3.68. The number of hydrogen-bond acceptors (Lipinski definition) is 2. The third kappa shape index (κ3) is 5.47. The van der Waals surface area contributed by atoms with Crippen LogP contribution in [-0.2, 0) is 5.41 Å². The van der Waals surface area contributed by atoms with Gasteiger partial charge in [-0.05, 0) is 132 Å². The lowest BCUT2D eigenvalue weighted by atomic mass is 9.82. The van der Waals surface area contributed by atoms with Crippen LogP contribution in [0.25, 0.3) is 49.7 Å². The van der Waals surface area contributed by atoms with Crippen molar-refractivity contribution >= 4 is 45.1 Å². The molecule has 1 aliphatic carbocycles. The molecular formula is C52H43N3. The third-order valence-electron chi connectivity index (χ3n) is 12.2. The fourth-order valence-electron chi connectivity index (χ4n) is 9.26. The highest BCUT2D eigenvalue weighted by molar-refractivity contribution is 6.10. The van der Waals surface area contributed by atoms with Gasteiger partial charge in [-0.15, -0.1) is 0 Å². The summed E-state index contributed by atoms with van der Waals surface area (Å²) < 4.78 is 2.37. The van der Waals surface area contributed by atoms with Crippen molar-refractivity contribution in [1.82, 2.24) is 4.57 Å². The average molecular weight is 710 g/mol. The zero-order valence-corrected chi connectivity index (χ0v) is 31.8. The van der Waals surface area contributed by atoms with E-state index in [1.165, 1.54) is 60.9 Å². The molecule has 1 aromatic heterocycles. The Hall–Kier alpha value is -6.37. The second kappa shape index (κ2) is 12.9. The van der Waals surface area contributed by atoms with Crippen LogP contribution >= 0.6 is 0 Å². The highest BCUT2D eigenvalue weighted by Gasteiger charge is 2.36. The Balaban J connectivity index is 1.06. The molecule has 0 fully saturated rings. The smallest absolute Gasteiger partial charge is 0.0541 e. The van der Waals surface area contributed by atoms with Crippen LogP contribution in [0.2, 0.25) is 0 Å². The van der Waals surface area contributed by atoms with Crippen LogP contribution in [0.5, 0.6) is 0 Å². The Morgan fingerprint density at radius 3 is 2.15 bits per heavy atom. The summed E-state index contributed by atoms with van der Waals surface area (Å²) in [5.74, 6) is 0.918. The van der Waals surface area contributed by atoms with Crippen LogP contribution < -0.4 is 4.90 Å². The molecule has 3 atom stereocenters. The van der Waals surface area contributed by atoms with E-state index in [2.05, 4.69) is 201 Å². The molecule has 0 spiro atoms. The van der Waals surface area contributed by atoms with E-state index in [0.717, 1.165) is 29.0 Å². The Morgan fingerprint density at radius 1 is 0.655 bits per heavy atom. The number of hydrogen-bond donors (Lipinski definition) is 0. The monoisotopic (exact) mass is 709 g/mol. The molecule has 3 heteroatoms. The van der Waals surface area contributed by atoms with Gasteiger partial charge in [-0.3, -0.25) is 4.99 Å². The van der Waals surface area contributed by atoms with E-state index in [-0.39, 0.29) is 11.5 Å². The lowest BCUT2D eigenvalue weighted by Gasteiger charge is -2.30. The Morgan fingerprint density at radius 2 is 1.35 bits per heavy atom. The SMILES string of the molecule is CC1N=C[C@H](C)CC1c1ccc(N(c2ccc(-c3ccc4c(c3)c3ccccc3n4-c3ccccc3)cc2)c2ccc3c(c2)C(C)(C)c2ccc#cc2-3)cc1. The normalized spacial score (nSPS) is 18.2. The van der Waals surface area contributed by atoms with Gasteiger partial charge < -0.3 is 9.47 Å². The summed E-state index contributed by atoms with van der Waals surface area (Å²) in [4.78, 5) is 7.23. The Bertz CT molecular complexity index is 2730. The van der Waals surface area contributed by atoms with E-state index in [1.807, 2.05) is 6.07 Å². The van der Waals surface area contributed by atoms with Crippen LogP contribution in [0, 0.1) is 18.1 Å². The van der Waals surface area contributed by atoms with Gasteiger partial charge in [-0.2, -0.15) is 0 Å². The standard InChI is InChI=1S/C52H43N3/c1-34-30-46(35(2)53-33-34)37-20-25-41(26-21-37)54(42-27-28-44-43-14-8-10-16-48(43)52(3,4)49(44)32-42)40-23-18-36(19-24-40)38-22-29-51-47(31-38)45-15-9-11-17-50(45)55(51)39-12-6-5-7-13-39/h5-7,9-13,15-29,31-35,46H,30H2,1-4H3/t34-,35?,46?/m1/s1. The molecule has 0 saturated heterocycles. The molecule has 2 heterocycles. The van der Waals surface area contributed by atoms with Crippen molar-refractivity contribution in [3.63, 3.8) is 0 Å². The maximum absolute atomic E-state index is 4.82. The minimum Gasteiger partial charge on any atom is -0.310 e. The second-order valence-corrected chi connectivity index (χ2v) is 16.0. The molecule has 0 bridgehead atoms. The first-order chi connectivity index (χ1) is 26.8. The molecule has 2 aliphatic rings. The predicted molar refractivity (Wildman–Crippen MR) is 231 cm³/mol. The van der Waals surface area contributed by atoms with Crippen LogP contribution in [0.15, 0.2) is 157 Å². The first kappa shape index (κ1) is 33.2. The van der Waals surface area contributed by atoms with Crippen molar-refractivity contribution in [2.24, 2.45) is 10.9 Å². The largest absolute Gasteiger partial charge is 0.310 e. The summed E-state index contributed by atoms with van der Waals surface area (Å²) in [7, 11) is 0. The van der Waals surface area contributed by atoms with Gasteiger partial charge in [0.05, 0.1) is 17.1 Å². The second-order valence-electron chi connectivity index (χ2n) is 16.0. The van der Waals surface area contributed by atoms with Crippen molar-refractivity contribution < 1.29 is 0 Å². The minimum absolute atomic E-state index is 0.137. The summed E-state index contributed by atoms with van der Waals surface area (Å²) in [5.41, 5.74) is 15.7. The number of rotatable bonds is 6. The highest BCUT2D eigenvalue weighted by atomic mass is 15.1. The molecule has 266 valence electrons. The fourth-order valence-corrected chi connectivity index (χ4v) is 9.26. The van der Waals surface area contributed by atoms with E-state index < -0.39 is 0 Å². The fraction of sp³-hybridized carbons (Fsp3) is 0.173. The molecule has 55 heavy (non-hydrogen) atoms. The van der Waals surface area contributed by atoms with Gasteiger partial charge in [0.2, 0.25) is 0 Å². The Kier molecular flexibility index (Phi) is 7.79. The van der Waals surface area contributed by atoms with Gasteiger partial charge in [-0.25, -0.2) is 0 Å². The minimum atomic E-state index is -0.137. The van der Waals surface area contributed by atoms with Gasteiger partial charge in [-0.1, -0.05) is 106 Å². The maximum atomic E-state index is 4.82. The lowest BCUT2D eigenvalue weighted by Crippen LogP contribution is -2.22. The van der Waals surface area contributed by atoms with Gasteiger partial charge in [0, 0.05) is 56.6 Å².